The largest absolute Gasteiger partial charge is 0.411 e. The van der Waals surface area contributed by atoms with Crippen LogP contribution in [0.15, 0.2) is 5.16 Å². The van der Waals surface area contributed by atoms with Gasteiger partial charge < -0.3 is 5.21 Å². The van der Waals surface area contributed by atoms with Crippen molar-refractivity contribution in [3.8, 4) is 0 Å². The fraction of sp³-hybridized carbons (Fsp3) is 0.500. The Balaban J connectivity index is 3.03. The van der Waals surface area contributed by atoms with Crippen molar-refractivity contribution in [3.05, 3.63) is 5.92 Å². The highest BCUT2D eigenvalue weighted by atomic mass is 16.4. The van der Waals surface area contributed by atoms with Gasteiger partial charge in [-0.2, -0.15) is 0 Å². The van der Waals surface area contributed by atoms with E-state index in [2.05, 4.69) is 5.16 Å². The van der Waals surface area contributed by atoms with Gasteiger partial charge in [-0.3, -0.25) is 0 Å². The SMILES string of the molecule is C[C](C)/C=N\O. The lowest BCUT2D eigenvalue weighted by Crippen LogP contribution is -1.81. The molecule has 2 nitrogen and oxygen atoms in total. The molecular formula is C4H8NO. The number of hydrogen-bond acceptors (Lipinski definition) is 2. The third kappa shape index (κ3) is 3.47. The van der Waals surface area contributed by atoms with Gasteiger partial charge in [0, 0.05) is 5.92 Å². The maximum Gasteiger partial charge on any atom is 0.0501 e. The van der Waals surface area contributed by atoms with E-state index < -0.39 is 0 Å². The van der Waals surface area contributed by atoms with Crippen LogP contribution in [0.5, 0.6) is 0 Å². The summed E-state index contributed by atoms with van der Waals surface area (Å²) in [4.78, 5) is 0. The molecule has 2 heteroatoms. The zero-order valence-electron chi connectivity index (χ0n) is 3.97. The van der Waals surface area contributed by atoms with Crippen LogP contribution in [-0.4, -0.2) is 11.4 Å². The lowest BCUT2D eigenvalue weighted by Gasteiger charge is -1.83. The molecule has 0 aliphatic heterocycles. The fourth-order valence-corrected chi connectivity index (χ4v) is 0.115. The van der Waals surface area contributed by atoms with Crippen LogP contribution in [0.4, 0.5) is 0 Å². The lowest BCUT2D eigenvalue weighted by molar-refractivity contribution is 0.321. The van der Waals surface area contributed by atoms with E-state index in [4.69, 9.17) is 5.21 Å². The lowest BCUT2D eigenvalue weighted by atomic mass is 10.3. The van der Waals surface area contributed by atoms with Gasteiger partial charge in [-0.05, 0) is 0 Å². The van der Waals surface area contributed by atoms with E-state index in [-0.39, 0.29) is 0 Å². The van der Waals surface area contributed by atoms with Gasteiger partial charge in [-0.25, -0.2) is 0 Å². The summed E-state index contributed by atoms with van der Waals surface area (Å²) in [5.41, 5.74) is 0. The molecule has 0 rings (SSSR count). The average molecular weight is 86.1 g/mol. The van der Waals surface area contributed by atoms with Gasteiger partial charge in [0.25, 0.3) is 0 Å². The van der Waals surface area contributed by atoms with Crippen molar-refractivity contribution in [3.63, 3.8) is 0 Å². The van der Waals surface area contributed by atoms with Crippen LogP contribution in [0.1, 0.15) is 13.8 Å². The first kappa shape index (κ1) is 5.47. The molecular weight excluding hydrogens is 78.0 g/mol. The van der Waals surface area contributed by atoms with E-state index in [1.54, 1.807) is 0 Å². The second-order valence-electron chi connectivity index (χ2n) is 1.32. The zero-order valence-corrected chi connectivity index (χ0v) is 3.97. The summed E-state index contributed by atoms with van der Waals surface area (Å²) in [6.45, 7) is 3.72. The Labute approximate surface area is 37.5 Å². The van der Waals surface area contributed by atoms with Gasteiger partial charge in [-0.15, -0.1) is 5.16 Å². The first-order chi connectivity index (χ1) is 2.77. The van der Waals surface area contributed by atoms with Gasteiger partial charge >= 0.3 is 0 Å². The monoisotopic (exact) mass is 86.1 g/mol. The Morgan fingerprint density at radius 3 is 2.17 bits per heavy atom. The molecule has 0 saturated carbocycles. The Kier molecular flexibility index (Phi) is 2.46. The quantitative estimate of drug-likeness (QED) is 0.289. The highest BCUT2D eigenvalue weighted by Crippen LogP contribution is 1.85. The molecule has 1 N–H and O–H groups in total. The summed E-state index contributed by atoms with van der Waals surface area (Å²) in [6, 6.07) is 0. The summed E-state index contributed by atoms with van der Waals surface area (Å²) < 4.78 is 0. The molecule has 0 unspecified atom stereocenters. The molecule has 0 spiro atoms. The fourth-order valence-electron chi connectivity index (χ4n) is 0.115. The zero-order chi connectivity index (χ0) is 4.99. The van der Waals surface area contributed by atoms with Crippen LogP contribution in [0, 0.1) is 5.92 Å². The minimum Gasteiger partial charge on any atom is -0.411 e. The molecule has 0 atom stereocenters. The highest BCUT2D eigenvalue weighted by Gasteiger charge is 1.80. The molecule has 0 fully saturated rings. The molecule has 1 radical (unpaired) electrons. The van der Waals surface area contributed by atoms with Crippen LogP contribution >= 0.6 is 0 Å². The van der Waals surface area contributed by atoms with Crippen molar-refractivity contribution in [2.75, 3.05) is 0 Å². The Morgan fingerprint density at radius 2 is 2.17 bits per heavy atom. The number of hydrogen-bond donors (Lipinski definition) is 1. The van der Waals surface area contributed by atoms with Gasteiger partial charge in [0.2, 0.25) is 0 Å². The molecule has 0 aromatic carbocycles. The average Bonchev–Trinajstić information content (AvgIpc) is 1.35. The summed E-state index contributed by atoms with van der Waals surface area (Å²) >= 11 is 0. The van der Waals surface area contributed by atoms with E-state index in [9.17, 15) is 0 Å². The highest BCUT2D eigenvalue weighted by molar-refractivity contribution is 5.71. The van der Waals surface area contributed by atoms with Crippen LogP contribution < -0.4 is 0 Å². The molecule has 0 amide bonds. The van der Waals surface area contributed by atoms with E-state index in [0.717, 1.165) is 5.92 Å². The molecule has 0 aliphatic carbocycles. The minimum atomic E-state index is 0.998. The van der Waals surface area contributed by atoms with Gasteiger partial charge in [0.05, 0.1) is 6.21 Å². The van der Waals surface area contributed by atoms with Crippen molar-refractivity contribution in [2.45, 2.75) is 13.8 Å². The topological polar surface area (TPSA) is 32.6 Å². The van der Waals surface area contributed by atoms with Gasteiger partial charge in [0.15, 0.2) is 0 Å². The number of rotatable bonds is 1. The summed E-state index contributed by atoms with van der Waals surface area (Å²) in [6.07, 6.45) is 1.39. The van der Waals surface area contributed by atoms with E-state index >= 15 is 0 Å². The maximum absolute atomic E-state index is 7.79. The van der Waals surface area contributed by atoms with Crippen molar-refractivity contribution in [1.29, 1.82) is 0 Å². The molecule has 0 bridgehead atoms. The first-order valence-electron chi connectivity index (χ1n) is 1.75. The molecule has 6 heavy (non-hydrogen) atoms. The van der Waals surface area contributed by atoms with E-state index in [0.29, 0.717) is 0 Å². The smallest absolute Gasteiger partial charge is 0.0501 e. The van der Waals surface area contributed by atoms with Crippen LogP contribution in [-0.2, 0) is 0 Å². The Hall–Kier alpha value is -0.530. The van der Waals surface area contributed by atoms with Gasteiger partial charge in [-0.1, -0.05) is 13.8 Å². The Morgan fingerprint density at radius 1 is 1.67 bits per heavy atom. The molecule has 0 aliphatic rings. The minimum absolute atomic E-state index is 0.998. The third-order valence-electron chi connectivity index (χ3n) is 0.316. The summed E-state index contributed by atoms with van der Waals surface area (Å²) in [5, 5.41) is 10.6. The molecule has 0 saturated heterocycles. The van der Waals surface area contributed by atoms with Crippen molar-refractivity contribution < 1.29 is 5.21 Å². The number of oxime groups is 1. The Bertz CT molecular complexity index is 49.5. The maximum atomic E-state index is 7.79. The predicted octanol–water partition coefficient (Wildman–Crippen LogP) is 1.06. The summed E-state index contributed by atoms with van der Waals surface area (Å²) in [7, 11) is 0. The summed E-state index contributed by atoms with van der Waals surface area (Å²) in [5.74, 6) is 0.998. The van der Waals surface area contributed by atoms with E-state index in [1.807, 2.05) is 13.8 Å². The third-order valence-corrected chi connectivity index (χ3v) is 0.316. The predicted molar refractivity (Wildman–Crippen MR) is 24.9 cm³/mol. The van der Waals surface area contributed by atoms with Crippen LogP contribution in [0.25, 0.3) is 0 Å². The second-order valence-corrected chi connectivity index (χ2v) is 1.32. The van der Waals surface area contributed by atoms with Crippen molar-refractivity contribution in [1.82, 2.24) is 0 Å². The molecule has 35 valence electrons. The number of nitrogens with zero attached hydrogens (tertiary/aromatic N) is 1. The molecule has 0 heterocycles. The van der Waals surface area contributed by atoms with Crippen LogP contribution in [0.2, 0.25) is 0 Å². The standard InChI is InChI=1S/C4H8NO/c1-4(2)3-5-6/h3,6H,1-2H3/b5-3-. The molecule has 0 aromatic rings. The molecule has 0 aromatic heterocycles. The van der Waals surface area contributed by atoms with Crippen molar-refractivity contribution in [2.24, 2.45) is 5.16 Å². The van der Waals surface area contributed by atoms with Crippen LogP contribution in [0.3, 0.4) is 0 Å². The van der Waals surface area contributed by atoms with E-state index in [1.165, 1.54) is 6.21 Å². The van der Waals surface area contributed by atoms with Gasteiger partial charge in [0.1, 0.15) is 0 Å². The first-order valence-corrected chi connectivity index (χ1v) is 1.75. The second kappa shape index (κ2) is 2.69. The van der Waals surface area contributed by atoms with Crippen molar-refractivity contribution >= 4 is 6.21 Å². The normalized spacial score (nSPS) is 11.2.